The van der Waals surface area contributed by atoms with Crippen LogP contribution >= 0.6 is 11.6 Å². The van der Waals surface area contributed by atoms with Crippen molar-refractivity contribution in [1.29, 1.82) is 0 Å². The molecular weight excluding hydrogens is 550 g/mol. The van der Waals surface area contributed by atoms with E-state index in [1.165, 1.54) is 24.1 Å². The van der Waals surface area contributed by atoms with Crippen LogP contribution in [0.25, 0.3) is 0 Å². The Labute approximate surface area is 241 Å². The van der Waals surface area contributed by atoms with Gasteiger partial charge in [0, 0.05) is 18.1 Å². The highest BCUT2D eigenvalue weighted by Gasteiger charge is 2.34. The maximum atomic E-state index is 14.1. The Kier molecular flexibility index (Phi) is 11.0. The number of nitrogens with zero attached hydrogens (tertiary/aromatic N) is 2. The summed E-state index contributed by atoms with van der Waals surface area (Å²) in [6.45, 7) is 5.79. The Morgan fingerprint density at radius 2 is 1.57 bits per heavy atom. The van der Waals surface area contributed by atoms with Gasteiger partial charge < -0.3 is 15.0 Å². The first-order chi connectivity index (χ1) is 19.1. The molecule has 1 N–H and O–H groups in total. The van der Waals surface area contributed by atoms with Crippen LogP contribution in [0.15, 0.2) is 83.8 Å². The zero-order valence-electron chi connectivity index (χ0n) is 23.2. The molecule has 0 fully saturated rings. The number of carbonyl (C=O) groups excluding carboxylic acids is 2. The first kappa shape index (κ1) is 31.0. The molecule has 3 aromatic carbocycles. The van der Waals surface area contributed by atoms with Gasteiger partial charge in [-0.05, 0) is 54.3 Å². The van der Waals surface area contributed by atoms with Crippen LogP contribution in [0.4, 0.5) is 5.69 Å². The highest BCUT2D eigenvalue weighted by molar-refractivity contribution is 7.92. The van der Waals surface area contributed by atoms with Gasteiger partial charge in [-0.15, -0.1) is 0 Å². The van der Waals surface area contributed by atoms with E-state index in [-0.39, 0.29) is 29.0 Å². The molecule has 214 valence electrons. The number of hydrogen-bond acceptors (Lipinski definition) is 5. The standard InChI is InChI=1S/C30H36ClN3O5S/c1-5-26(30(36)32-19-22(2)3)33(20-23-15-17-24(31)18-16-23)29(35)21-34(27-13-9-10-14-28(27)39-4)40(37,38)25-11-7-6-8-12-25/h6-18,22,26H,5,19-21H2,1-4H3,(H,32,36)/t26-/m1/s1. The molecule has 0 aliphatic carbocycles. The number of halogens is 1. The molecular formula is C30H36ClN3O5S. The van der Waals surface area contributed by atoms with E-state index >= 15 is 0 Å². The molecule has 0 bridgehead atoms. The Balaban J connectivity index is 2.06. The molecule has 0 saturated carbocycles. The quantitative estimate of drug-likeness (QED) is 0.300. The normalized spacial score (nSPS) is 12.1. The molecule has 2 amide bonds. The van der Waals surface area contributed by atoms with Crippen molar-refractivity contribution in [2.45, 2.75) is 44.7 Å². The molecule has 0 aliphatic heterocycles. The van der Waals surface area contributed by atoms with Crippen LogP contribution in [0.5, 0.6) is 5.75 Å². The summed E-state index contributed by atoms with van der Waals surface area (Å²) in [6, 6.07) is 20.7. The van der Waals surface area contributed by atoms with Gasteiger partial charge >= 0.3 is 0 Å². The highest BCUT2D eigenvalue weighted by atomic mass is 35.5. The van der Waals surface area contributed by atoms with Crippen molar-refractivity contribution >= 4 is 39.1 Å². The summed E-state index contributed by atoms with van der Waals surface area (Å²) in [6.07, 6.45) is 0.337. The Morgan fingerprint density at radius 3 is 2.17 bits per heavy atom. The van der Waals surface area contributed by atoms with Gasteiger partial charge in [-0.25, -0.2) is 8.42 Å². The smallest absolute Gasteiger partial charge is 0.264 e. The fourth-order valence-electron chi connectivity index (χ4n) is 4.20. The summed E-state index contributed by atoms with van der Waals surface area (Å²) in [4.78, 5) is 28.8. The third-order valence-electron chi connectivity index (χ3n) is 6.30. The number of rotatable bonds is 13. The lowest BCUT2D eigenvalue weighted by atomic mass is 10.1. The minimum Gasteiger partial charge on any atom is -0.495 e. The number of sulfonamides is 1. The fourth-order valence-corrected chi connectivity index (χ4v) is 5.77. The van der Waals surface area contributed by atoms with E-state index in [0.717, 1.165) is 9.87 Å². The molecule has 0 aromatic heterocycles. The number of methoxy groups -OCH3 is 1. The van der Waals surface area contributed by atoms with Crippen LogP contribution in [0.3, 0.4) is 0 Å². The number of hydrogen-bond donors (Lipinski definition) is 1. The van der Waals surface area contributed by atoms with E-state index in [4.69, 9.17) is 16.3 Å². The van der Waals surface area contributed by atoms with E-state index in [2.05, 4.69) is 5.32 Å². The number of amides is 2. The topological polar surface area (TPSA) is 96.0 Å². The average molecular weight is 586 g/mol. The lowest BCUT2D eigenvalue weighted by Crippen LogP contribution is -2.52. The number of carbonyl (C=O) groups is 2. The predicted octanol–water partition coefficient (Wildman–Crippen LogP) is 5.12. The Hall–Kier alpha value is -3.56. The minimum atomic E-state index is -4.18. The third-order valence-corrected chi connectivity index (χ3v) is 8.33. The van der Waals surface area contributed by atoms with Crippen molar-refractivity contribution in [3.8, 4) is 5.75 Å². The van der Waals surface area contributed by atoms with Crippen molar-refractivity contribution < 1.29 is 22.7 Å². The van der Waals surface area contributed by atoms with Gasteiger partial charge in [-0.1, -0.05) is 74.8 Å². The number of ether oxygens (including phenoxy) is 1. The van der Waals surface area contributed by atoms with E-state index in [1.54, 1.807) is 66.7 Å². The highest BCUT2D eigenvalue weighted by Crippen LogP contribution is 2.32. The summed E-state index contributed by atoms with van der Waals surface area (Å²) >= 11 is 6.07. The zero-order valence-corrected chi connectivity index (χ0v) is 24.8. The third kappa shape index (κ3) is 7.76. The van der Waals surface area contributed by atoms with Crippen molar-refractivity contribution in [2.24, 2.45) is 5.92 Å². The fraction of sp³-hybridized carbons (Fsp3) is 0.333. The van der Waals surface area contributed by atoms with Gasteiger partial charge in [-0.3, -0.25) is 13.9 Å². The summed E-state index contributed by atoms with van der Waals surface area (Å²) in [5, 5.41) is 3.46. The van der Waals surface area contributed by atoms with Crippen molar-refractivity contribution in [1.82, 2.24) is 10.2 Å². The molecule has 0 radical (unpaired) electrons. The second-order valence-electron chi connectivity index (χ2n) is 9.71. The van der Waals surface area contributed by atoms with E-state index < -0.39 is 28.5 Å². The average Bonchev–Trinajstić information content (AvgIpc) is 2.95. The van der Waals surface area contributed by atoms with Crippen LogP contribution in [0.2, 0.25) is 5.02 Å². The second kappa shape index (κ2) is 14.2. The van der Waals surface area contributed by atoms with Gasteiger partial charge in [0.25, 0.3) is 10.0 Å². The monoisotopic (exact) mass is 585 g/mol. The maximum absolute atomic E-state index is 14.1. The Morgan fingerprint density at radius 1 is 0.950 bits per heavy atom. The molecule has 8 nitrogen and oxygen atoms in total. The molecule has 40 heavy (non-hydrogen) atoms. The van der Waals surface area contributed by atoms with Gasteiger partial charge in [0.1, 0.15) is 18.3 Å². The number of nitrogens with one attached hydrogen (secondary N) is 1. The molecule has 0 unspecified atom stereocenters. The molecule has 0 aliphatic rings. The minimum absolute atomic E-state index is 0.0275. The maximum Gasteiger partial charge on any atom is 0.264 e. The van der Waals surface area contributed by atoms with Crippen LogP contribution in [0, 0.1) is 5.92 Å². The molecule has 10 heteroatoms. The van der Waals surface area contributed by atoms with E-state index in [1.807, 2.05) is 20.8 Å². The Bertz CT molecular complexity index is 1380. The molecule has 3 aromatic rings. The summed E-state index contributed by atoms with van der Waals surface area (Å²) in [5.74, 6) is -0.320. The second-order valence-corrected chi connectivity index (χ2v) is 12.0. The molecule has 0 spiro atoms. The van der Waals surface area contributed by atoms with Crippen molar-refractivity contribution in [3.05, 3.63) is 89.4 Å². The summed E-state index contributed by atoms with van der Waals surface area (Å²) in [7, 11) is -2.74. The summed E-state index contributed by atoms with van der Waals surface area (Å²) in [5.41, 5.74) is 0.966. The van der Waals surface area contributed by atoms with Crippen LogP contribution in [-0.2, 0) is 26.2 Å². The van der Waals surface area contributed by atoms with Gasteiger partial charge in [0.05, 0.1) is 17.7 Å². The molecule has 3 rings (SSSR count). The lowest BCUT2D eigenvalue weighted by molar-refractivity contribution is -0.140. The predicted molar refractivity (Wildman–Crippen MR) is 158 cm³/mol. The van der Waals surface area contributed by atoms with Crippen molar-refractivity contribution in [2.75, 3.05) is 24.5 Å². The zero-order chi connectivity index (χ0) is 29.3. The summed E-state index contributed by atoms with van der Waals surface area (Å²) < 4.78 is 34.3. The van der Waals surface area contributed by atoms with E-state index in [0.29, 0.717) is 23.7 Å². The first-order valence-corrected chi connectivity index (χ1v) is 14.9. The van der Waals surface area contributed by atoms with E-state index in [9.17, 15) is 18.0 Å². The van der Waals surface area contributed by atoms with Gasteiger partial charge in [-0.2, -0.15) is 0 Å². The molecule has 0 saturated heterocycles. The van der Waals surface area contributed by atoms with Gasteiger partial charge in [0.15, 0.2) is 0 Å². The number of anilines is 1. The lowest BCUT2D eigenvalue weighted by Gasteiger charge is -2.33. The van der Waals surface area contributed by atoms with Gasteiger partial charge in [0.2, 0.25) is 11.8 Å². The van der Waals surface area contributed by atoms with Crippen molar-refractivity contribution in [3.63, 3.8) is 0 Å². The number of para-hydroxylation sites is 2. The SMILES string of the molecule is CC[C@H](C(=O)NCC(C)C)N(Cc1ccc(Cl)cc1)C(=O)CN(c1ccccc1OC)S(=O)(=O)c1ccccc1. The van der Waals surface area contributed by atoms with Crippen LogP contribution < -0.4 is 14.4 Å². The van der Waals surface area contributed by atoms with Crippen LogP contribution in [-0.4, -0.2) is 51.4 Å². The molecule has 0 heterocycles. The first-order valence-electron chi connectivity index (χ1n) is 13.1. The number of benzene rings is 3. The largest absolute Gasteiger partial charge is 0.495 e. The van der Waals surface area contributed by atoms with Crippen LogP contribution in [0.1, 0.15) is 32.8 Å². The molecule has 1 atom stereocenters.